The molecule has 1 saturated carbocycles. The van der Waals surface area contributed by atoms with Crippen LogP contribution in [0.3, 0.4) is 0 Å². The summed E-state index contributed by atoms with van der Waals surface area (Å²) in [4.78, 5) is 14.5. The van der Waals surface area contributed by atoms with Crippen LogP contribution in [-0.4, -0.2) is 30.0 Å². The van der Waals surface area contributed by atoms with Gasteiger partial charge in [-0.2, -0.15) is 9.98 Å². The summed E-state index contributed by atoms with van der Waals surface area (Å²) in [6.07, 6.45) is 2.42. The summed E-state index contributed by atoms with van der Waals surface area (Å²) in [5, 5.41) is 18.0. The molecule has 1 fully saturated rings. The van der Waals surface area contributed by atoms with Crippen LogP contribution in [-0.2, 0) is 14.8 Å². The molecule has 0 aromatic carbocycles. The van der Waals surface area contributed by atoms with E-state index in [-0.39, 0.29) is 23.4 Å². The number of nitrogens with zero attached hydrogens (tertiary/aromatic N) is 2. The van der Waals surface area contributed by atoms with Crippen molar-refractivity contribution >= 4 is 16.0 Å². The van der Waals surface area contributed by atoms with Gasteiger partial charge >= 0.3 is 5.97 Å². The van der Waals surface area contributed by atoms with E-state index < -0.39 is 21.5 Å². The standard InChI is InChI=1S/C11H11N3O4S/c12-7-8-9(3-1-6-13-8)19(17,18)14-11(10(15)16)4-2-5-11/h1,3,6,14H,2,4-5H2,(H,15,16). The van der Waals surface area contributed by atoms with Crippen molar-refractivity contribution in [3.63, 3.8) is 0 Å². The normalized spacial score (nSPS) is 17.2. The number of hydrogen-bond donors (Lipinski definition) is 2. The number of sulfonamides is 1. The van der Waals surface area contributed by atoms with E-state index in [9.17, 15) is 13.2 Å². The second-order valence-corrected chi connectivity index (χ2v) is 5.96. The maximum atomic E-state index is 12.2. The zero-order chi connectivity index (χ0) is 14.1. The van der Waals surface area contributed by atoms with Gasteiger partial charge in [0.2, 0.25) is 10.0 Å². The van der Waals surface area contributed by atoms with Crippen molar-refractivity contribution in [2.45, 2.75) is 29.7 Å². The van der Waals surface area contributed by atoms with Gasteiger partial charge in [0, 0.05) is 6.20 Å². The lowest BCUT2D eigenvalue weighted by Gasteiger charge is -2.37. The Balaban J connectivity index is 2.39. The number of carboxylic acids is 1. The van der Waals surface area contributed by atoms with Gasteiger partial charge in [-0.05, 0) is 31.4 Å². The number of carboxylic acid groups (broad SMARTS) is 1. The van der Waals surface area contributed by atoms with Gasteiger partial charge in [-0.15, -0.1) is 0 Å². The van der Waals surface area contributed by atoms with E-state index in [2.05, 4.69) is 9.71 Å². The molecule has 0 atom stereocenters. The van der Waals surface area contributed by atoms with Crippen molar-refractivity contribution in [1.29, 1.82) is 5.26 Å². The topological polar surface area (TPSA) is 120 Å². The number of nitrogens with one attached hydrogen (secondary N) is 1. The fourth-order valence-electron chi connectivity index (χ4n) is 1.89. The van der Waals surface area contributed by atoms with Gasteiger partial charge in [-0.3, -0.25) is 4.79 Å². The molecular weight excluding hydrogens is 270 g/mol. The maximum absolute atomic E-state index is 12.2. The molecule has 7 nitrogen and oxygen atoms in total. The summed E-state index contributed by atoms with van der Waals surface area (Å²) in [7, 11) is -4.08. The molecule has 1 heterocycles. The largest absolute Gasteiger partial charge is 0.480 e. The monoisotopic (exact) mass is 281 g/mol. The lowest BCUT2D eigenvalue weighted by atomic mass is 9.78. The van der Waals surface area contributed by atoms with Crippen molar-refractivity contribution in [3.05, 3.63) is 24.0 Å². The highest BCUT2D eigenvalue weighted by Gasteiger charge is 2.47. The number of aromatic nitrogens is 1. The first-order valence-electron chi connectivity index (χ1n) is 5.54. The number of pyridine rings is 1. The quantitative estimate of drug-likeness (QED) is 0.815. The molecule has 0 bridgehead atoms. The van der Waals surface area contributed by atoms with Crippen LogP contribution >= 0.6 is 0 Å². The molecule has 19 heavy (non-hydrogen) atoms. The van der Waals surface area contributed by atoms with Crippen molar-refractivity contribution in [2.75, 3.05) is 0 Å². The molecule has 0 spiro atoms. The highest BCUT2D eigenvalue weighted by Crippen LogP contribution is 2.33. The predicted molar refractivity (Wildman–Crippen MR) is 63.5 cm³/mol. The van der Waals surface area contributed by atoms with Crippen LogP contribution in [0.4, 0.5) is 0 Å². The molecule has 0 unspecified atom stereocenters. The number of rotatable bonds is 4. The second-order valence-electron chi connectivity index (χ2n) is 4.31. The van der Waals surface area contributed by atoms with Crippen LogP contribution in [0.15, 0.2) is 23.2 Å². The predicted octanol–water partition coefficient (Wildman–Crippen LogP) is 0.239. The molecule has 0 aliphatic heterocycles. The Labute approximate surface area is 109 Å². The zero-order valence-electron chi connectivity index (χ0n) is 9.83. The van der Waals surface area contributed by atoms with Crippen LogP contribution < -0.4 is 4.72 Å². The van der Waals surface area contributed by atoms with Gasteiger partial charge in [0.15, 0.2) is 5.69 Å². The molecule has 0 amide bonds. The van der Waals surface area contributed by atoms with Gasteiger partial charge in [-0.25, -0.2) is 13.4 Å². The Hall–Kier alpha value is -1.98. The van der Waals surface area contributed by atoms with Gasteiger partial charge in [0.25, 0.3) is 0 Å². The molecule has 0 saturated heterocycles. The number of hydrogen-bond acceptors (Lipinski definition) is 5. The van der Waals surface area contributed by atoms with Crippen molar-refractivity contribution < 1.29 is 18.3 Å². The van der Waals surface area contributed by atoms with Crippen molar-refractivity contribution in [1.82, 2.24) is 9.71 Å². The highest BCUT2D eigenvalue weighted by atomic mass is 32.2. The van der Waals surface area contributed by atoms with E-state index >= 15 is 0 Å². The average molecular weight is 281 g/mol. The first-order chi connectivity index (χ1) is 8.91. The van der Waals surface area contributed by atoms with E-state index in [4.69, 9.17) is 10.4 Å². The van der Waals surface area contributed by atoms with Crippen LogP contribution in [0.1, 0.15) is 25.0 Å². The number of aliphatic carboxylic acids is 1. The summed E-state index contributed by atoms with van der Waals surface area (Å²) in [6, 6.07) is 4.28. The lowest BCUT2D eigenvalue weighted by Crippen LogP contribution is -2.58. The molecule has 1 aliphatic rings. The Morgan fingerprint density at radius 3 is 2.68 bits per heavy atom. The molecular formula is C11H11N3O4S. The van der Waals surface area contributed by atoms with Crippen molar-refractivity contribution in [3.8, 4) is 6.07 Å². The summed E-state index contributed by atoms with van der Waals surface area (Å²) >= 11 is 0. The van der Waals surface area contributed by atoms with Crippen molar-refractivity contribution in [2.24, 2.45) is 0 Å². The van der Waals surface area contributed by atoms with E-state index in [1.165, 1.54) is 18.3 Å². The third kappa shape index (κ3) is 2.30. The molecule has 2 rings (SSSR count). The summed E-state index contributed by atoms with van der Waals surface area (Å²) in [5.41, 5.74) is -1.71. The van der Waals surface area contributed by atoms with Crippen LogP contribution in [0.2, 0.25) is 0 Å². The minimum Gasteiger partial charge on any atom is -0.480 e. The van der Waals surface area contributed by atoms with Gasteiger partial charge in [0.05, 0.1) is 0 Å². The Bertz CT molecular complexity index is 659. The summed E-state index contributed by atoms with van der Waals surface area (Å²) in [5.74, 6) is -1.20. The molecule has 1 aliphatic carbocycles. The minimum absolute atomic E-state index is 0.240. The molecule has 100 valence electrons. The van der Waals surface area contributed by atoms with Gasteiger partial charge in [0.1, 0.15) is 16.5 Å². The summed E-state index contributed by atoms with van der Waals surface area (Å²) in [6.45, 7) is 0. The number of nitriles is 1. The third-order valence-electron chi connectivity index (χ3n) is 3.11. The Kier molecular flexibility index (Phi) is 3.26. The zero-order valence-corrected chi connectivity index (χ0v) is 10.6. The molecule has 8 heteroatoms. The fraction of sp³-hybridized carbons (Fsp3) is 0.364. The molecule has 1 aromatic rings. The van der Waals surface area contributed by atoms with E-state index in [0.29, 0.717) is 6.42 Å². The average Bonchev–Trinajstić information content (AvgIpc) is 2.33. The van der Waals surface area contributed by atoms with Crippen LogP contribution in [0.25, 0.3) is 0 Å². The first kappa shape index (κ1) is 13.5. The van der Waals surface area contributed by atoms with E-state index in [0.717, 1.165) is 0 Å². The fourth-order valence-corrected chi connectivity index (χ4v) is 3.42. The smallest absolute Gasteiger partial charge is 0.324 e. The van der Waals surface area contributed by atoms with E-state index in [1.807, 2.05) is 0 Å². The minimum atomic E-state index is -4.08. The van der Waals surface area contributed by atoms with Crippen LogP contribution in [0.5, 0.6) is 0 Å². The third-order valence-corrected chi connectivity index (χ3v) is 4.68. The molecule has 2 N–H and O–H groups in total. The molecule has 1 aromatic heterocycles. The Morgan fingerprint density at radius 1 is 1.53 bits per heavy atom. The van der Waals surface area contributed by atoms with E-state index in [1.54, 1.807) is 6.07 Å². The van der Waals surface area contributed by atoms with Gasteiger partial charge < -0.3 is 5.11 Å². The maximum Gasteiger partial charge on any atom is 0.324 e. The molecule has 0 radical (unpaired) electrons. The first-order valence-corrected chi connectivity index (χ1v) is 7.02. The summed E-state index contributed by atoms with van der Waals surface area (Å²) < 4.78 is 26.5. The number of carbonyl (C=O) groups is 1. The highest BCUT2D eigenvalue weighted by molar-refractivity contribution is 7.89. The Morgan fingerprint density at radius 2 is 2.21 bits per heavy atom. The second kappa shape index (κ2) is 4.60. The van der Waals surface area contributed by atoms with Crippen LogP contribution in [0, 0.1) is 11.3 Å². The van der Waals surface area contributed by atoms with Gasteiger partial charge in [-0.1, -0.05) is 0 Å². The lowest BCUT2D eigenvalue weighted by molar-refractivity contribution is -0.147. The SMILES string of the molecule is N#Cc1ncccc1S(=O)(=O)NC1(C(=O)O)CCC1.